The average Bonchev–Trinajstić information content (AvgIpc) is 2.42. The van der Waals surface area contributed by atoms with E-state index in [1.165, 1.54) is 0 Å². The van der Waals surface area contributed by atoms with Crippen LogP contribution in [0.1, 0.15) is 18.5 Å². The summed E-state index contributed by atoms with van der Waals surface area (Å²) in [6.45, 7) is 2.32. The van der Waals surface area contributed by atoms with Gasteiger partial charge in [-0.15, -0.1) is 0 Å². The monoisotopic (exact) mass is 278 g/mol. The predicted octanol–water partition coefficient (Wildman–Crippen LogP) is 1.44. The van der Waals surface area contributed by atoms with E-state index in [0.717, 1.165) is 11.3 Å². The largest absolute Gasteiger partial charge is 0.342 e. The van der Waals surface area contributed by atoms with E-state index in [-0.39, 0.29) is 11.8 Å². The molecule has 1 aliphatic heterocycles. The quantitative estimate of drug-likeness (QED) is 0.906. The summed E-state index contributed by atoms with van der Waals surface area (Å²) in [5.74, 6) is 0.719. The Kier molecular flexibility index (Phi) is 4.47. The van der Waals surface area contributed by atoms with Gasteiger partial charge in [0.1, 0.15) is 12.1 Å². The number of piperazine rings is 1. The molecule has 4 nitrogen and oxygen atoms in total. The highest BCUT2D eigenvalue weighted by Gasteiger charge is 2.38. The molecule has 0 radical (unpaired) electrons. The topological polar surface area (TPSA) is 49.4 Å². The molecule has 2 unspecified atom stereocenters. The van der Waals surface area contributed by atoms with E-state index in [1.807, 2.05) is 36.6 Å². The van der Waals surface area contributed by atoms with Crippen molar-refractivity contribution in [1.82, 2.24) is 10.2 Å². The van der Waals surface area contributed by atoms with Gasteiger partial charge in [0.25, 0.3) is 0 Å². The summed E-state index contributed by atoms with van der Waals surface area (Å²) in [6.07, 6.45) is 2.00. The molecule has 1 N–H and O–H groups in total. The lowest BCUT2D eigenvalue weighted by molar-refractivity contribution is -0.148. The molecule has 2 rings (SSSR count). The van der Waals surface area contributed by atoms with E-state index < -0.39 is 12.1 Å². The van der Waals surface area contributed by atoms with Crippen LogP contribution in [-0.4, -0.2) is 41.3 Å². The third kappa shape index (κ3) is 2.92. The van der Waals surface area contributed by atoms with Crippen LogP contribution < -0.4 is 5.32 Å². The van der Waals surface area contributed by atoms with E-state index in [2.05, 4.69) is 5.32 Å². The molecule has 0 aliphatic carbocycles. The van der Waals surface area contributed by atoms with Gasteiger partial charge in [-0.3, -0.25) is 9.59 Å². The molecule has 1 saturated heterocycles. The Morgan fingerprint density at radius 3 is 2.58 bits per heavy atom. The summed E-state index contributed by atoms with van der Waals surface area (Å²) in [7, 11) is 0. The second-order valence-corrected chi connectivity index (χ2v) is 5.55. The van der Waals surface area contributed by atoms with E-state index in [4.69, 9.17) is 0 Å². The standard InChI is InChI=1S/C14H18N2O2S/c1-10-14(18)16(8-9-19-2)12(13(17)15-10)11-6-4-3-5-7-11/h3-7,10,12H,8-9H2,1-2H3,(H,15,17). The molecule has 1 aliphatic rings. The highest BCUT2D eigenvalue weighted by molar-refractivity contribution is 7.98. The molecule has 0 spiro atoms. The van der Waals surface area contributed by atoms with Crippen molar-refractivity contribution in [2.24, 2.45) is 0 Å². The van der Waals surface area contributed by atoms with Gasteiger partial charge in [0.15, 0.2) is 0 Å². The Morgan fingerprint density at radius 1 is 1.26 bits per heavy atom. The molecular formula is C14H18N2O2S. The number of nitrogens with zero attached hydrogens (tertiary/aromatic N) is 1. The average molecular weight is 278 g/mol. The van der Waals surface area contributed by atoms with Gasteiger partial charge in [-0.2, -0.15) is 11.8 Å². The molecule has 19 heavy (non-hydrogen) atoms. The first-order valence-corrected chi connectivity index (χ1v) is 7.69. The van der Waals surface area contributed by atoms with Crippen molar-refractivity contribution < 1.29 is 9.59 Å². The minimum atomic E-state index is -0.503. The van der Waals surface area contributed by atoms with Gasteiger partial charge >= 0.3 is 0 Å². The number of hydrogen-bond donors (Lipinski definition) is 1. The summed E-state index contributed by atoms with van der Waals surface area (Å²) in [6, 6.07) is 8.52. The Hall–Kier alpha value is -1.49. The summed E-state index contributed by atoms with van der Waals surface area (Å²) < 4.78 is 0. The lowest BCUT2D eigenvalue weighted by atomic mass is 10.0. The third-order valence-corrected chi connectivity index (χ3v) is 3.81. The SMILES string of the molecule is CSCCN1C(=O)C(C)NC(=O)C1c1ccccc1. The van der Waals surface area contributed by atoms with Crippen LogP contribution in [-0.2, 0) is 9.59 Å². The van der Waals surface area contributed by atoms with Gasteiger partial charge in [0, 0.05) is 12.3 Å². The summed E-state index contributed by atoms with van der Waals surface area (Å²) in [5.41, 5.74) is 0.862. The van der Waals surface area contributed by atoms with Gasteiger partial charge in [0.2, 0.25) is 11.8 Å². The summed E-state index contributed by atoms with van der Waals surface area (Å²) in [5, 5.41) is 2.75. The predicted molar refractivity (Wildman–Crippen MR) is 76.9 cm³/mol. The van der Waals surface area contributed by atoms with Crippen LogP contribution in [0.5, 0.6) is 0 Å². The fraction of sp³-hybridized carbons (Fsp3) is 0.429. The first-order chi connectivity index (χ1) is 9.15. The summed E-state index contributed by atoms with van der Waals surface area (Å²) >= 11 is 1.67. The number of benzene rings is 1. The van der Waals surface area contributed by atoms with Crippen LogP contribution >= 0.6 is 11.8 Å². The maximum atomic E-state index is 12.3. The van der Waals surface area contributed by atoms with Crippen LogP contribution in [0.25, 0.3) is 0 Å². The molecule has 0 bridgehead atoms. The molecule has 1 aromatic carbocycles. The number of thioether (sulfide) groups is 1. The molecule has 102 valence electrons. The first-order valence-electron chi connectivity index (χ1n) is 6.30. The highest BCUT2D eigenvalue weighted by Crippen LogP contribution is 2.25. The zero-order valence-electron chi connectivity index (χ0n) is 11.1. The third-order valence-electron chi connectivity index (χ3n) is 3.22. The fourth-order valence-electron chi connectivity index (χ4n) is 2.27. The van der Waals surface area contributed by atoms with Crippen molar-refractivity contribution >= 4 is 23.6 Å². The normalized spacial score (nSPS) is 23.4. The van der Waals surface area contributed by atoms with Gasteiger partial charge in [-0.05, 0) is 18.7 Å². The Bertz CT molecular complexity index is 464. The molecular weight excluding hydrogens is 260 g/mol. The highest BCUT2D eigenvalue weighted by atomic mass is 32.2. The van der Waals surface area contributed by atoms with Crippen LogP contribution in [0, 0.1) is 0 Å². The fourth-order valence-corrected chi connectivity index (χ4v) is 2.65. The lowest BCUT2D eigenvalue weighted by Crippen LogP contribution is -2.58. The molecule has 1 aromatic rings. The number of carbonyl (C=O) groups is 2. The maximum absolute atomic E-state index is 12.3. The second-order valence-electron chi connectivity index (χ2n) is 4.57. The lowest BCUT2D eigenvalue weighted by Gasteiger charge is -2.38. The maximum Gasteiger partial charge on any atom is 0.248 e. The zero-order valence-corrected chi connectivity index (χ0v) is 11.9. The Labute approximate surface area is 117 Å². The number of nitrogens with one attached hydrogen (secondary N) is 1. The van der Waals surface area contributed by atoms with Crippen molar-refractivity contribution in [3.8, 4) is 0 Å². The van der Waals surface area contributed by atoms with Crippen LogP contribution in [0.15, 0.2) is 30.3 Å². The van der Waals surface area contributed by atoms with Crippen molar-refractivity contribution in [1.29, 1.82) is 0 Å². The van der Waals surface area contributed by atoms with Gasteiger partial charge in [-0.25, -0.2) is 0 Å². The molecule has 2 amide bonds. The molecule has 2 atom stereocenters. The van der Waals surface area contributed by atoms with E-state index in [0.29, 0.717) is 6.54 Å². The smallest absolute Gasteiger partial charge is 0.248 e. The molecule has 0 saturated carbocycles. The molecule has 1 fully saturated rings. The zero-order chi connectivity index (χ0) is 13.8. The van der Waals surface area contributed by atoms with Crippen LogP contribution in [0.2, 0.25) is 0 Å². The summed E-state index contributed by atoms with van der Waals surface area (Å²) in [4.78, 5) is 26.2. The Morgan fingerprint density at radius 2 is 1.95 bits per heavy atom. The van der Waals surface area contributed by atoms with E-state index >= 15 is 0 Å². The number of hydrogen-bond acceptors (Lipinski definition) is 3. The molecule has 0 aromatic heterocycles. The van der Waals surface area contributed by atoms with Gasteiger partial charge in [0.05, 0.1) is 0 Å². The number of amides is 2. The van der Waals surface area contributed by atoms with Gasteiger partial charge in [-0.1, -0.05) is 30.3 Å². The van der Waals surface area contributed by atoms with E-state index in [9.17, 15) is 9.59 Å². The van der Waals surface area contributed by atoms with Gasteiger partial charge < -0.3 is 10.2 Å². The Balaban J connectivity index is 2.30. The number of rotatable bonds is 4. The van der Waals surface area contributed by atoms with Crippen molar-refractivity contribution in [2.45, 2.75) is 19.0 Å². The minimum absolute atomic E-state index is 0.0116. The first kappa shape index (κ1) is 13.9. The van der Waals surface area contributed by atoms with Crippen molar-refractivity contribution in [3.63, 3.8) is 0 Å². The van der Waals surface area contributed by atoms with Crippen LogP contribution in [0.4, 0.5) is 0 Å². The molecule has 5 heteroatoms. The number of carbonyl (C=O) groups excluding carboxylic acids is 2. The second kappa shape index (κ2) is 6.10. The van der Waals surface area contributed by atoms with Crippen molar-refractivity contribution in [2.75, 3.05) is 18.6 Å². The minimum Gasteiger partial charge on any atom is -0.342 e. The van der Waals surface area contributed by atoms with Crippen LogP contribution in [0.3, 0.4) is 0 Å². The van der Waals surface area contributed by atoms with E-state index in [1.54, 1.807) is 23.6 Å². The van der Waals surface area contributed by atoms with Crippen molar-refractivity contribution in [3.05, 3.63) is 35.9 Å². The molecule has 1 heterocycles.